The highest BCUT2D eigenvalue weighted by atomic mass is 35.5. The van der Waals surface area contributed by atoms with Crippen LogP contribution < -0.4 is 5.73 Å². The summed E-state index contributed by atoms with van der Waals surface area (Å²) in [6, 6.07) is 2.22. The highest BCUT2D eigenvalue weighted by molar-refractivity contribution is 6.48. The second kappa shape index (κ2) is 5.32. The third-order valence-electron chi connectivity index (χ3n) is 2.24. The molecule has 0 aromatic heterocycles. The van der Waals surface area contributed by atoms with Crippen LogP contribution in [0.5, 0.6) is 0 Å². The van der Waals surface area contributed by atoms with Gasteiger partial charge in [-0.2, -0.15) is 0 Å². The van der Waals surface area contributed by atoms with E-state index < -0.39 is 17.5 Å². The first-order valence-corrected chi connectivity index (χ1v) is 5.64. The molecule has 1 amide bonds. The molecule has 0 aliphatic rings. The molecule has 1 unspecified atom stereocenters. The number of methoxy groups -OCH3 is 1. The zero-order valence-electron chi connectivity index (χ0n) is 9.04. The van der Waals surface area contributed by atoms with E-state index in [4.69, 9.17) is 40.5 Å². The average Bonchev–Trinajstić information content (AvgIpc) is 2.32. The summed E-state index contributed by atoms with van der Waals surface area (Å²) in [6.45, 7) is 0. The number of halogens is 3. The zero-order chi connectivity index (χ0) is 14.1. The first-order valence-electron chi connectivity index (χ1n) is 4.50. The third kappa shape index (κ3) is 2.40. The Bertz CT molecular complexity index is 497. The maximum Gasteiger partial charge on any atom is 0.352 e. The van der Waals surface area contributed by atoms with E-state index in [-0.39, 0.29) is 20.6 Å². The Labute approximate surface area is 117 Å². The van der Waals surface area contributed by atoms with Gasteiger partial charge in [-0.25, -0.2) is 4.79 Å². The lowest BCUT2D eigenvalue weighted by Crippen LogP contribution is -2.48. The van der Waals surface area contributed by atoms with E-state index in [1.54, 1.807) is 0 Å². The summed E-state index contributed by atoms with van der Waals surface area (Å²) in [7, 11) is 0.995. The molecule has 0 fully saturated rings. The molecule has 5 nitrogen and oxygen atoms in total. The van der Waals surface area contributed by atoms with Crippen molar-refractivity contribution in [2.24, 2.45) is 5.73 Å². The Kier molecular flexibility index (Phi) is 4.45. The van der Waals surface area contributed by atoms with Crippen LogP contribution in [0.25, 0.3) is 0 Å². The number of hydrogen-bond donors (Lipinski definition) is 2. The number of ether oxygens (including phenoxy) is 1. The van der Waals surface area contributed by atoms with Gasteiger partial charge in [0, 0.05) is 5.56 Å². The number of amides is 1. The number of benzene rings is 1. The van der Waals surface area contributed by atoms with Crippen molar-refractivity contribution in [1.29, 1.82) is 0 Å². The van der Waals surface area contributed by atoms with Gasteiger partial charge in [0.1, 0.15) is 0 Å². The van der Waals surface area contributed by atoms with Crippen LogP contribution in [0.1, 0.15) is 5.56 Å². The standard InChI is InChI=1S/C10H8Cl3NO4/c1-18-9(16)10(17,8(14)15)4-2-5(11)7(13)6(12)3-4/h2-3,17H,1H3,(H2,14,15). The molecule has 1 aromatic rings. The quantitative estimate of drug-likeness (QED) is 0.503. The molecule has 0 saturated carbocycles. The summed E-state index contributed by atoms with van der Waals surface area (Å²) in [5.41, 5.74) is 2.11. The average molecular weight is 313 g/mol. The Morgan fingerprint density at radius 2 is 1.72 bits per heavy atom. The van der Waals surface area contributed by atoms with Crippen molar-refractivity contribution in [2.75, 3.05) is 7.11 Å². The smallest absolute Gasteiger partial charge is 0.352 e. The molecule has 0 radical (unpaired) electrons. The molecule has 0 aliphatic carbocycles. The van der Waals surface area contributed by atoms with Crippen molar-refractivity contribution in [3.05, 3.63) is 32.8 Å². The highest BCUT2D eigenvalue weighted by Crippen LogP contribution is 2.35. The molecule has 0 heterocycles. The fourth-order valence-electron chi connectivity index (χ4n) is 1.27. The molecule has 98 valence electrons. The topological polar surface area (TPSA) is 89.6 Å². The van der Waals surface area contributed by atoms with E-state index in [0.29, 0.717) is 0 Å². The molecule has 0 bridgehead atoms. The molecule has 1 atom stereocenters. The predicted molar refractivity (Wildman–Crippen MR) is 66.6 cm³/mol. The molecule has 18 heavy (non-hydrogen) atoms. The molecule has 0 saturated heterocycles. The van der Waals surface area contributed by atoms with Crippen LogP contribution in [-0.4, -0.2) is 24.1 Å². The van der Waals surface area contributed by atoms with Crippen molar-refractivity contribution in [3.63, 3.8) is 0 Å². The van der Waals surface area contributed by atoms with Gasteiger partial charge in [-0.3, -0.25) is 4.79 Å². The summed E-state index contributed by atoms with van der Waals surface area (Å²) in [5.74, 6) is -2.56. The van der Waals surface area contributed by atoms with Crippen molar-refractivity contribution in [3.8, 4) is 0 Å². The SMILES string of the molecule is COC(=O)C(O)(C(N)=O)c1cc(Cl)c(Cl)c(Cl)c1. The van der Waals surface area contributed by atoms with Gasteiger partial charge in [0.25, 0.3) is 11.5 Å². The number of nitrogens with two attached hydrogens (primary N) is 1. The summed E-state index contributed by atoms with van der Waals surface area (Å²) < 4.78 is 4.33. The Morgan fingerprint density at radius 3 is 2.06 bits per heavy atom. The minimum atomic E-state index is -2.67. The number of carbonyl (C=O) groups is 2. The summed E-state index contributed by atoms with van der Waals surface area (Å²) in [4.78, 5) is 22.8. The lowest BCUT2D eigenvalue weighted by atomic mass is 9.93. The fourth-order valence-corrected chi connectivity index (χ4v) is 1.87. The monoisotopic (exact) mass is 311 g/mol. The third-order valence-corrected chi connectivity index (χ3v) is 3.44. The minimum Gasteiger partial charge on any atom is -0.466 e. The number of aliphatic hydroxyl groups is 1. The van der Waals surface area contributed by atoms with E-state index in [9.17, 15) is 14.7 Å². The van der Waals surface area contributed by atoms with Crippen LogP contribution in [0.15, 0.2) is 12.1 Å². The van der Waals surface area contributed by atoms with Crippen LogP contribution in [0.2, 0.25) is 15.1 Å². The van der Waals surface area contributed by atoms with E-state index in [2.05, 4.69) is 4.74 Å². The van der Waals surface area contributed by atoms with Crippen LogP contribution in [0, 0.1) is 0 Å². The van der Waals surface area contributed by atoms with E-state index >= 15 is 0 Å². The molecule has 0 spiro atoms. The number of primary amides is 1. The highest BCUT2D eigenvalue weighted by Gasteiger charge is 2.46. The molecule has 1 rings (SSSR count). The Balaban J connectivity index is 3.50. The maximum atomic E-state index is 11.5. The molecular formula is C10H8Cl3NO4. The molecule has 3 N–H and O–H groups in total. The van der Waals surface area contributed by atoms with Gasteiger partial charge >= 0.3 is 5.97 Å². The van der Waals surface area contributed by atoms with Gasteiger partial charge in [0.15, 0.2) is 0 Å². The van der Waals surface area contributed by atoms with E-state index in [1.807, 2.05) is 0 Å². The van der Waals surface area contributed by atoms with Crippen LogP contribution in [0.3, 0.4) is 0 Å². The number of carbonyl (C=O) groups excluding carboxylic acids is 2. The lowest BCUT2D eigenvalue weighted by Gasteiger charge is -2.22. The first-order chi connectivity index (χ1) is 8.25. The van der Waals surface area contributed by atoms with Crippen LogP contribution in [0.4, 0.5) is 0 Å². The number of esters is 1. The van der Waals surface area contributed by atoms with Gasteiger partial charge in [-0.15, -0.1) is 0 Å². The second-order valence-electron chi connectivity index (χ2n) is 3.32. The van der Waals surface area contributed by atoms with Crippen LogP contribution >= 0.6 is 34.8 Å². The van der Waals surface area contributed by atoms with Gasteiger partial charge in [0.2, 0.25) is 0 Å². The number of rotatable bonds is 3. The molecule has 8 heteroatoms. The number of hydrogen-bond acceptors (Lipinski definition) is 4. The van der Waals surface area contributed by atoms with Crippen LogP contribution in [-0.2, 0) is 19.9 Å². The lowest BCUT2D eigenvalue weighted by molar-refractivity contribution is -0.169. The van der Waals surface area contributed by atoms with Crippen molar-refractivity contribution in [1.82, 2.24) is 0 Å². The maximum absolute atomic E-state index is 11.5. The van der Waals surface area contributed by atoms with E-state index in [0.717, 1.165) is 19.2 Å². The van der Waals surface area contributed by atoms with Gasteiger partial charge in [-0.1, -0.05) is 34.8 Å². The summed E-state index contributed by atoms with van der Waals surface area (Å²) in [6.07, 6.45) is 0. The predicted octanol–water partition coefficient (Wildman–Crippen LogP) is 1.49. The Morgan fingerprint density at radius 1 is 1.28 bits per heavy atom. The molecule has 0 aliphatic heterocycles. The molecular weight excluding hydrogens is 304 g/mol. The fraction of sp³-hybridized carbons (Fsp3) is 0.200. The van der Waals surface area contributed by atoms with Crippen molar-refractivity contribution in [2.45, 2.75) is 5.60 Å². The van der Waals surface area contributed by atoms with Crippen molar-refractivity contribution < 1.29 is 19.4 Å². The summed E-state index contributed by atoms with van der Waals surface area (Å²) in [5, 5.41) is 10.0. The second-order valence-corrected chi connectivity index (χ2v) is 4.51. The zero-order valence-corrected chi connectivity index (χ0v) is 11.3. The van der Waals surface area contributed by atoms with Crippen molar-refractivity contribution >= 4 is 46.7 Å². The Hall–Kier alpha value is -1.01. The van der Waals surface area contributed by atoms with Gasteiger partial charge < -0.3 is 15.6 Å². The van der Waals surface area contributed by atoms with Gasteiger partial charge in [0.05, 0.1) is 22.2 Å². The largest absolute Gasteiger partial charge is 0.466 e. The van der Waals surface area contributed by atoms with Gasteiger partial charge in [-0.05, 0) is 12.1 Å². The minimum absolute atomic E-state index is 0.0266. The first kappa shape index (κ1) is 15.0. The molecule has 1 aromatic carbocycles. The van der Waals surface area contributed by atoms with E-state index in [1.165, 1.54) is 0 Å². The summed E-state index contributed by atoms with van der Waals surface area (Å²) >= 11 is 17.2. The normalized spacial score (nSPS) is 13.8.